The maximum atomic E-state index is 13.4. The van der Waals surface area contributed by atoms with Crippen molar-refractivity contribution in [3.63, 3.8) is 0 Å². The number of hydrogen-bond donors (Lipinski definition) is 1. The second-order valence-electron chi connectivity index (χ2n) is 3.97. The summed E-state index contributed by atoms with van der Waals surface area (Å²) < 4.78 is 13.4. The van der Waals surface area contributed by atoms with Crippen molar-refractivity contribution in [1.29, 1.82) is 0 Å². The Morgan fingerprint density at radius 3 is 2.67 bits per heavy atom. The Labute approximate surface area is 73.1 Å². The van der Waals surface area contributed by atoms with Crippen LogP contribution in [0, 0.1) is 0 Å². The van der Waals surface area contributed by atoms with Gasteiger partial charge in [-0.05, 0) is 32.9 Å². The molecule has 0 aromatic carbocycles. The van der Waals surface area contributed by atoms with E-state index in [2.05, 4.69) is 17.3 Å². The molecule has 1 aliphatic heterocycles. The highest BCUT2D eigenvalue weighted by Crippen LogP contribution is 2.29. The van der Waals surface area contributed by atoms with Crippen LogP contribution in [0.15, 0.2) is 0 Å². The topological polar surface area (TPSA) is 15.3 Å². The molecule has 1 saturated carbocycles. The van der Waals surface area contributed by atoms with Gasteiger partial charge >= 0.3 is 0 Å². The van der Waals surface area contributed by atoms with Gasteiger partial charge in [-0.2, -0.15) is 0 Å². The monoisotopic (exact) mass is 172 g/mol. The molecule has 2 unspecified atom stereocenters. The lowest BCUT2D eigenvalue weighted by Crippen LogP contribution is -2.50. The molecular formula is C9H17FN2. The zero-order valence-corrected chi connectivity index (χ0v) is 7.59. The smallest absolute Gasteiger partial charge is 0.128 e. The van der Waals surface area contributed by atoms with Gasteiger partial charge in [0.15, 0.2) is 0 Å². The maximum absolute atomic E-state index is 13.4. The lowest BCUT2D eigenvalue weighted by Gasteiger charge is -2.34. The predicted molar refractivity (Wildman–Crippen MR) is 47.0 cm³/mol. The van der Waals surface area contributed by atoms with Crippen molar-refractivity contribution in [2.24, 2.45) is 0 Å². The van der Waals surface area contributed by atoms with Gasteiger partial charge in [-0.1, -0.05) is 0 Å². The Morgan fingerprint density at radius 1 is 1.33 bits per heavy atom. The molecule has 2 aliphatic rings. The Balaban J connectivity index is 1.90. The minimum absolute atomic E-state index is 0.179. The normalized spacial score (nSPS) is 37.2. The van der Waals surface area contributed by atoms with E-state index >= 15 is 0 Å². The molecule has 2 nitrogen and oxygen atoms in total. The zero-order valence-electron chi connectivity index (χ0n) is 7.59. The molecule has 0 bridgehead atoms. The number of nitrogens with one attached hydrogen (secondary N) is 1. The van der Waals surface area contributed by atoms with Crippen LogP contribution in [0.5, 0.6) is 0 Å². The van der Waals surface area contributed by atoms with Crippen LogP contribution in [0.1, 0.15) is 19.3 Å². The number of piperidine rings is 1. The molecule has 1 saturated heterocycles. The van der Waals surface area contributed by atoms with Gasteiger partial charge in [-0.3, -0.25) is 4.90 Å². The predicted octanol–water partition coefficient (Wildman–Crippen LogP) is 0.781. The lowest BCUT2D eigenvalue weighted by molar-refractivity contribution is 0.0998. The van der Waals surface area contributed by atoms with Gasteiger partial charge in [-0.15, -0.1) is 0 Å². The summed E-state index contributed by atoms with van der Waals surface area (Å²) in [5.41, 5.74) is 0. The molecule has 0 amide bonds. The Bertz CT molecular complexity index is 159. The van der Waals surface area contributed by atoms with Crippen molar-refractivity contribution in [3.8, 4) is 0 Å². The van der Waals surface area contributed by atoms with E-state index in [0.717, 1.165) is 13.0 Å². The average Bonchev–Trinajstić information content (AvgIpc) is 2.86. The van der Waals surface area contributed by atoms with Crippen molar-refractivity contribution < 1.29 is 4.39 Å². The first-order valence-corrected chi connectivity index (χ1v) is 4.86. The van der Waals surface area contributed by atoms with Crippen molar-refractivity contribution in [2.45, 2.75) is 37.5 Å². The minimum Gasteiger partial charge on any atom is -0.314 e. The average molecular weight is 172 g/mol. The zero-order chi connectivity index (χ0) is 8.55. The van der Waals surface area contributed by atoms with Crippen LogP contribution in [0.3, 0.4) is 0 Å². The van der Waals surface area contributed by atoms with Crippen LogP contribution >= 0.6 is 0 Å². The summed E-state index contributed by atoms with van der Waals surface area (Å²) in [6.07, 6.45) is 2.85. The third-order valence-electron chi connectivity index (χ3n) is 3.02. The highest BCUT2D eigenvalue weighted by molar-refractivity contribution is 4.92. The van der Waals surface area contributed by atoms with E-state index in [-0.39, 0.29) is 6.04 Å². The van der Waals surface area contributed by atoms with Crippen molar-refractivity contribution >= 4 is 0 Å². The largest absolute Gasteiger partial charge is 0.314 e. The number of rotatable bonds is 2. The van der Waals surface area contributed by atoms with Crippen molar-refractivity contribution in [3.05, 3.63) is 0 Å². The van der Waals surface area contributed by atoms with Crippen LogP contribution in [-0.4, -0.2) is 43.3 Å². The molecule has 1 N–H and O–H groups in total. The first-order valence-electron chi connectivity index (χ1n) is 4.86. The third kappa shape index (κ3) is 1.62. The molecule has 1 heterocycles. The fourth-order valence-electron chi connectivity index (χ4n) is 2.02. The van der Waals surface area contributed by atoms with E-state index in [9.17, 15) is 4.39 Å². The van der Waals surface area contributed by atoms with E-state index < -0.39 is 6.17 Å². The molecule has 0 aromatic heterocycles. The van der Waals surface area contributed by atoms with E-state index in [1.165, 1.54) is 12.8 Å². The summed E-state index contributed by atoms with van der Waals surface area (Å²) in [5, 5.41) is 3.08. The summed E-state index contributed by atoms with van der Waals surface area (Å²) in [4.78, 5) is 2.24. The van der Waals surface area contributed by atoms with Crippen LogP contribution in [-0.2, 0) is 0 Å². The van der Waals surface area contributed by atoms with Gasteiger partial charge in [0.1, 0.15) is 6.17 Å². The Hall–Kier alpha value is -0.150. The van der Waals surface area contributed by atoms with E-state index in [0.29, 0.717) is 12.6 Å². The van der Waals surface area contributed by atoms with Gasteiger partial charge in [0, 0.05) is 18.6 Å². The summed E-state index contributed by atoms with van der Waals surface area (Å²) in [6, 6.07) is 0.866. The Kier molecular flexibility index (Phi) is 2.33. The fraction of sp³-hybridized carbons (Fsp3) is 1.00. The molecule has 12 heavy (non-hydrogen) atoms. The first kappa shape index (κ1) is 8.45. The highest BCUT2D eigenvalue weighted by atomic mass is 19.1. The fourth-order valence-corrected chi connectivity index (χ4v) is 2.02. The van der Waals surface area contributed by atoms with Crippen LogP contribution in [0.4, 0.5) is 4.39 Å². The van der Waals surface area contributed by atoms with Crippen molar-refractivity contribution in [2.75, 3.05) is 20.1 Å². The molecular weight excluding hydrogens is 155 g/mol. The Morgan fingerprint density at radius 2 is 2.08 bits per heavy atom. The second-order valence-corrected chi connectivity index (χ2v) is 3.97. The molecule has 70 valence electrons. The molecule has 0 radical (unpaired) electrons. The summed E-state index contributed by atoms with van der Waals surface area (Å²) in [5.74, 6) is 0. The summed E-state index contributed by atoms with van der Waals surface area (Å²) in [6.45, 7) is 1.52. The number of hydrogen-bond acceptors (Lipinski definition) is 2. The molecule has 2 rings (SSSR count). The van der Waals surface area contributed by atoms with Crippen LogP contribution < -0.4 is 5.32 Å². The molecule has 2 atom stereocenters. The van der Waals surface area contributed by atoms with Crippen LogP contribution in [0.2, 0.25) is 0 Å². The molecule has 0 aromatic rings. The molecule has 0 spiro atoms. The molecule has 1 aliphatic carbocycles. The lowest BCUT2D eigenvalue weighted by atomic mass is 10.0. The number of halogens is 1. The van der Waals surface area contributed by atoms with Gasteiger partial charge in [0.2, 0.25) is 0 Å². The molecule has 3 heteroatoms. The van der Waals surface area contributed by atoms with Gasteiger partial charge in [0.25, 0.3) is 0 Å². The van der Waals surface area contributed by atoms with Crippen molar-refractivity contribution in [1.82, 2.24) is 10.2 Å². The van der Waals surface area contributed by atoms with E-state index in [1.807, 2.05) is 0 Å². The standard InChI is InChI=1S/C9H17FN2/c1-12(7-2-3-7)9-4-5-11-6-8(9)10/h7-9,11H,2-6H2,1H3. The van der Waals surface area contributed by atoms with Gasteiger partial charge < -0.3 is 5.32 Å². The minimum atomic E-state index is -0.663. The third-order valence-corrected chi connectivity index (χ3v) is 3.02. The quantitative estimate of drug-likeness (QED) is 0.662. The maximum Gasteiger partial charge on any atom is 0.128 e. The van der Waals surface area contributed by atoms with E-state index in [1.54, 1.807) is 0 Å². The first-order chi connectivity index (χ1) is 5.79. The number of nitrogens with zero attached hydrogens (tertiary/aromatic N) is 1. The molecule has 2 fully saturated rings. The summed E-state index contributed by atoms with van der Waals surface area (Å²) in [7, 11) is 2.07. The summed E-state index contributed by atoms with van der Waals surface area (Å²) >= 11 is 0. The highest BCUT2D eigenvalue weighted by Gasteiger charge is 2.36. The van der Waals surface area contributed by atoms with Gasteiger partial charge in [0.05, 0.1) is 0 Å². The SMILES string of the molecule is CN(C1CC1)C1CCNCC1F. The van der Waals surface area contributed by atoms with E-state index in [4.69, 9.17) is 0 Å². The number of alkyl halides is 1. The van der Waals surface area contributed by atoms with Crippen LogP contribution in [0.25, 0.3) is 0 Å². The second kappa shape index (κ2) is 3.30. The van der Waals surface area contributed by atoms with Gasteiger partial charge in [-0.25, -0.2) is 4.39 Å².